The predicted molar refractivity (Wildman–Crippen MR) is 325 cm³/mol. The van der Waals surface area contributed by atoms with Gasteiger partial charge in [-0.05, 0) is 108 Å². The first-order valence-corrected chi connectivity index (χ1v) is 28.0. The molecular weight excluding hydrogens is 1240 g/mol. The normalized spacial score (nSPS) is 14.1. The number of nitrogens with zero attached hydrogens (tertiary/aromatic N) is 7. The number of rotatable bonds is 16. The van der Waals surface area contributed by atoms with Gasteiger partial charge in [0.05, 0.1) is 75.8 Å². The summed E-state index contributed by atoms with van der Waals surface area (Å²) in [6.45, 7) is 6.09. The number of nitrogens with one attached hydrogen (secondary N) is 1. The van der Waals surface area contributed by atoms with Gasteiger partial charge >= 0.3 is 57.5 Å². The molecule has 1 unspecified atom stereocenters. The average Bonchev–Trinajstić information content (AvgIpc) is 2.32. The second kappa shape index (κ2) is 34.5. The standard InChI is InChI=1S/C21H17F2N3O4.C20H19F2N3O3.C17H13F2N3O.C4H9O.C3H6O2.K/c22-15-7-14(8-16(23)9-15)19-4-5-20(28)26(24-19)10-13-2-1-3-17(6-13)25-11-18(12-27)30-21(25)29;21-15-7-14(8-16(22)9-15)19-4-5-20(28)25(24-19)11-13-2-1-3-17(6-13)23-10-18(27)12-26;18-13-7-12(8-14(19)9-13)16-4-5-17(23)22(21-16)10-11-2-1-3-15(20)6-11;1-4(2,3)5;4-1-3-2-5-3;/h1-9,18,27H,10-12H2;1-9,18,23,26-27H,10-12H2;1-9H,10,20H2;1-3H3;3-4H,1-2H2;/q;;;-1;;+1/t;18-;;;3-;/m.0..1./s1. The minimum absolute atomic E-state index is 0. The van der Waals surface area contributed by atoms with E-state index in [-0.39, 0.29) is 155 Å². The van der Waals surface area contributed by atoms with Crippen molar-refractivity contribution in [2.45, 2.75) is 64.3 Å². The van der Waals surface area contributed by atoms with Crippen LogP contribution in [0.15, 0.2) is 178 Å². The first-order valence-electron chi connectivity index (χ1n) is 28.0. The van der Waals surface area contributed by atoms with Crippen LogP contribution < -0.4 is 89.1 Å². The number of epoxide rings is 1. The number of cyclic esters (lactones) is 1. The minimum atomic E-state index is -0.878. The van der Waals surface area contributed by atoms with Crippen molar-refractivity contribution < 1.29 is 118 Å². The Labute approximate surface area is 565 Å². The molecule has 9 aromatic rings. The maximum absolute atomic E-state index is 13.5. The second-order valence-electron chi connectivity index (χ2n) is 21.5. The molecule has 2 aliphatic rings. The Balaban J connectivity index is 0.000000203. The van der Waals surface area contributed by atoms with Crippen molar-refractivity contribution in [1.29, 1.82) is 0 Å². The van der Waals surface area contributed by atoms with Crippen molar-refractivity contribution in [3.63, 3.8) is 0 Å². The van der Waals surface area contributed by atoms with Crippen LogP contribution in [0.4, 0.5) is 48.2 Å². The molecule has 5 heterocycles. The summed E-state index contributed by atoms with van der Waals surface area (Å²) in [7, 11) is 0. The summed E-state index contributed by atoms with van der Waals surface area (Å²) in [6, 6.07) is 38.5. The number of amides is 1. The third-order valence-electron chi connectivity index (χ3n) is 12.6. The maximum Gasteiger partial charge on any atom is 1.00 e. The van der Waals surface area contributed by atoms with E-state index in [2.05, 4.69) is 25.3 Å². The largest absolute Gasteiger partial charge is 1.00 e. The number of aromatic nitrogens is 6. The molecule has 2 fully saturated rings. The number of anilines is 3. The molecule has 478 valence electrons. The molecule has 92 heavy (non-hydrogen) atoms. The van der Waals surface area contributed by atoms with Crippen LogP contribution in [0.3, 0.4) is 0 Å². The fourth-order valence-corrected chi connectivity index (χ4v) is 8.37. The van der Waals surface area contributed by atoms with Crippen molar-refractivity contribution in [2.24, 2.45) is 0 Å². The molecule has 0 spiro atoms. The van der Waals surface area contributed by atoms with E-state index < -0.39 is 58.8 Å². The van der Waals surface area contributed by atoms with Gasteiger partial charge in [-0.15, -0.1) is 5.60 Å². The van der Waals surface area contributed by atoms with Crippen LogP contribution in [0.1, 0.15) is 37.5 Å². The topological polar surface area (TPSA) is 289 Å². The molecule has 0 aliphatic carbocycles. The zero-order valence-electron chi connectivity index (χ0n) is 50.3. The molecular formula is C65H64F6KN9O11. The number of halogens is 6. The first-order chi connectivity index (χ1) is 43.3. The van der Waals surface area contributed by atoms with E-state index in [0.29, 0.717) is 28.3 Å². The summed E-state index contributed by atoms with van der Waals surface area (Å²) in [5.41, 5.74) is 9.57. The van der Waals surface area contributed by atoms with E-state index in [0.717, 1.165) is 60.2 Å². The van der Waals surface area contributed by atoms with E-state index in [1.165, 1.54) is 67.5 Å². The number of nitrogens with two attached hydrogens (primary N) is 1. The molecule has 1 amide bonds. The molecule has 2 aliphatic heterocycles. The fraction of sp³-hybridized carbons (Fsp3) is 0.246. The number of hydrogen-bond donors (Lipinski definition) is 6. The Morgan fingerprint density at radius 2 is 0.946 bits per heavy atom. The van der Waals surface area contributed by atoms with Gasteiger partial charge in [-0.3, -0.25) is 19.3 Å². The molecule has 2 saturated heterocycles. The Morgan fingerprint density at radius 3 is 1.30 bits per heavy atom. The Kier molecular flexibility index (Phi) is 27.3. The molecule has 3 atom stereocenters. The number of hydrogen-bond acceptors (Lipinski definition) is 16. The van der Waals surface area contributed by atoms with Crippen LogP contribution in [0, 0.1) is 34.9 Å². The fourth-order valence-electron chi connectivity index (χ4n) is 8.37. The maximum atomic E-state index is 13.5. The molecule has 0 bridgehead atoms. The Morgan fingerprint density at radius 1 is 0.565 bits per heavy atom. The van der Waals surface area contributed by atoms with Crippen LogP contribution in [0.2, 0.25) is 0 Å². The summed E-state index contributed by atoms with van der Waals surface area (Å²) in [5.74, 6) is -4.32. The number of benzene rings is 6. The number of carbonyl (C=O) groups is 1. The average molecular weight is 1300 g/mol. The summed E-state index contributed by atoms with van der Waals surface area (Å²) in [5, 5.41) is 61.3. The second-order valence-corrected chi connectivity index (χ2v) is 21.5. The number of aliphatic hydroxyl groups is 4. The molecule has 7 N–H and O–H groups in total. The number of nitrogen functional groups attached to an aromatic ring is 1. The number of carbonyl (C=O) groups excluding carboxylic acids is 1. The number of aliphatic hydroxyl groups excluding tert-OH is 4. The van der Waals surface area contributed by atoms with Crippen LogP contribution in [0.5, 0.6) is 0 Å². The van der Waals surface area contributed by atoms with Crippen molar-refractivity contribution in [3.05, 3.63) is 246 Å². The zero-order chi connectivity index (χ0) is 65.9. The quantitative estimate of drug-likeness (QED) is 0.0346. The third-order valence-corrected chi connectivity index (χ3v) is 12.6. The monoisotopic (exact) mass is 1300 g/mol. The van der Waals surface area contributed by atoms with Gasteiger partial charge < -0.3 is 46.1 Å². The molecule has 0 radical (unpaired) electrons. The summed E-state index contributed by atoms with van der Waals surface area (Å²) in [6.07, 6.45) is -1.84. The van der Waals surface area contributed by atoms with Crippen molar-refractivity contribution >= 4 is 23.2 Å². The third kappa shape index (κ3) is 23.5. The Hall–Kier alpha value is -8.19. The van der Waals surface area contributed by atoms with E-state index in [9.17, 15) is 60.8 Å². The van der Waals surface area contributed by atoms with E-state index in [1.807, 2.05) is 6.07 Å². The first kappa shape index (κ1) is 72.9. The van der Waals surface area contributed by atoms with Gasteiger partial charge in [-0.25, -0.2) is 45.2 Å². The summed E-state index contributed by atoms with van der Waals surface area (Å²) < 4.78 is 93.9. The molecule has 3 aromatic heterocycles. The smallest absolute Gasteiger partial charge is 0.850 e. The van der Waals surface area contributed by atoms with E-state index in [4.69, 9.17) is 20.7 Å². The van der Waals surface area contributed by atoms with Gasteiger partial charge in [-0.1, -0.05) is 57.2 Å². The predicted octanol–water partition coefficient (Wildman–Crippen LogP) is 3.90. The molecule has 0 saturated carbocycles. The van der Waals surface area contributed by atoms with E-state index >= 15 is 0 Å². The van der Waals surface area contributed by atoms with Gasteiger partial charge in [-0.2, -0.15) is 15.3 Å². The van der Waals surface area contributed by atoms with Crippen LogP contribution in [0.25, 0.3) is 33.8 Å². The van der Waals surface area contributed by atoms with Gasteiger partial charge in [0.2, 0.25) is 0 Å². The molecule has 6 aromatic carbocycles. The van der Waals surface area contributed by atoms with Gasteiger partial charge in [0.1, 0.15) is 47.1 Å². The summed E-state index contributed by atoms with van der Waals surface area (Å²) in [4.78, 5) is 49.7. The van der Waals surface area contributed by atoms with Gasteiger partial charge in [0.15, 0.2) is 0 Å². The molecule has 11 rings (SSSR count). The van der Waals surface area contributed by atoms with Crippen molar-refractivity contribution in [1.82, 2.24) is 29.3 Å². The zero-order valence-corrected chi connectivity index (χ0v) is 53.4. The van der Waals surface area contributed by atoms with Crippen LogP contribution in [-0.4, -0.2) is 119 Å². The number of ether oxygens (including phenoxy) is 2. The minimum Gasteiger partial charge on any atom is -0.850 e. The summed E-state index contributed by atoms with van der Waals surface area (Å²) >= 11 is 0. The van der Waals surface area contributed by atoms with Crippen LogP contribution in [-0.2, 0) is 29.1 Å². The van der Waals surface area contributed by atoms with Crippen molar-refractivity contribution in [3.8, 4) is 33.8 Å². The van der Waals surface area contributed by atoms with Crippen molar-refractivity contribution in [2.75, 3.05) is 55.5 Å². The molecule has 20 nitrogen and oxygen atoms in total. The Bertz CT molecular complexity index is 4070. The molecule has 27 heteroatoms. The van der Waals surface area contributed by atoms with E-state index in [1.54, 1.807) is 87.5 Å². The van der Waals surface area contributed by atoms with Gasteiger partial charge in [0, 0.05) is 76.7 Å². The van der Waals surface area contributed by atoms with Crippen LogP contribution >= 0.6 is 0 Å². The van der Waals surface area contributed by atoms with Gasteiger partial charge in [0.25, 0.3) is 16.7 Å². The SMILES string of the molecule is CC(C)(C)[O-].Nc1cccc(Cn2nc(-c3cc(F)cc(F)c3)ccc2=O)c1.O=C1OC(CO)CN1c1cccc(Cn2nc(-c3cc(F)cc(F)c3)ccc2=O)c1.O=c1ccc(-c2cc(F)cc(F)c2)nn1Cc1cccc(NC[C@H](O)CO)c1.OC[C@@H]1CO1.[K+].